The van der Waals surface area contributed by atoms with Crippen LogP contribution < -0.4 is 5.32 Å². The predicted octanol–water partition coefficient (Wildman–Crippen LogP) is 3.06. The van der Waals surface area contributed by atoms with Crippen molar-refractivity contribution in [1.82, 2.24) is 15.1 Å². The fraction of sp³-hybridized carbons (Fsp3) is 0.769. The number of aryl methyl sites for hydroxylation is 1. The van der Waals surface area contributed by atoms with Gasteiger partial charge in [0.25, 0.3) is 0 Å². The lowest BCUT2D eigenvalue weighted by molar-refractivity contribution is 0.217. The molecular formula is C13H22BrN3. The van der Waals surface area contributed by atoms with Crippen molar-refractivity contribution in [1.29, 1.82) is 0 Å². The van der Waals surface area contributed by atoms with Gasteiger partial charge in [0.2, 0.25) is 0 Å². The van der Waals surface area contributed by atoms with E-state index in [0.717, 1.165) is 16.9 Å². The highest BCUT2D eigenvalue weighted by Gasteiger charge is 2.35. The Hall–Kier alpha value is -0.350. The summed E-state index contributed by atoms with van der Waals surface area (Å²) in [5.74, 6) is 1.41. The first-order valence-corrected chi connectivity index (χ1v) is 7.10. The van der Waals surface area contributed by atoms with E-state index in [1.165, 1.54) is 18.5 Å². The Morgan fingerprint density at radius 2 is 2.18 bits per heavy atom. The Labute approximate surface area is 112 Å². The van der Waals surface area contributed by atoms with Crippen LogP contribution in [-0.4, -0.2) is 21.9 Å². The molecule has 1 N–H and O–H groups in total. The molecule has 3 nitrogen and oxygen atoms in total. The maximum Gasteiger partial charge on any atom is 0.0635 e. The molecule has 4 heteroatoms. The first-order valence-electron chi connectivity index (χ1n) is 6.31. The summed E-state index contributed by atoms with van der Waals surface area (Å²) >= 11 is 3.61. The smallest absolute Gasteiger partial charge is 0.0635 e. The molecular weight excluding hydrogens is 278 g/mol. The zero-order valence-corrected chi connectivity index (χ0v) is 12.7. The third kappa shape index (κ3) is 2.91. The third-order valence-electron chi connectivity index (χ3n) is 3.60. The lowest BCUT2D eigenvalue weighted by atomic mass is 9.71. The largest absolute Gasteiger partial charge is 0.312 e. The SMILES string of the molecule is Cn1ncc(Br)c1C1CCC1CNC(C)(C)C. The van der Waals surface area contributed by atoms with E-state index in [1.807, 2.05) is 17.9 Å². The average molecular weight is 300 g/mol. The van der Waals surface area contributed by atoms with Crippen molar-refractivity contribution < 1.29 is 0 Å². The van der Waals surface area contributed by atoms with Gasteiger partial charge in [0.1, 0.15) is 0 Å². The zero-order valence-electron chi connectivity index (χ0n) is 11.1. The molecule has 17 heavy (non-hydrogen) atoms. The van der Waals surface area contributed by atoms with Gasteiger partial charge >= 0.3 is 0 Å². The second-order valence-electron chi connectivity index (χ2n) is 6.08. The van der Waals surface area contributed by atoms with Crippen LogP contribution in [0.5, 0.6) is 0 Å². The second kappa shape index (κ2) is 4.73. The normalized spacial score (nSPS) is 24.8. The molecule has 96 valence electrons. The van der Waals surface area contributed by atoms with Gasteiger partial charge < -0.3 is 5.32 Å². The minimum Gasteiger partial charge on any atom is -0.312 e. The first-order chi connectivity index (χ1) is 7.88. The van der Waals surface area contributed by atoms with Gasteiger partial charge in [0.15, 0.2) is 0 Å². The van der Waals surface area contributed by atoms with E-state index < -0.39 is 0 Å². The number of nitrogens with zero attached hydrogens (tertiary/aromatic N) is 2. The molecule has 0 aliphatic heterocycles. The number of rotatable bonds is 3. The maximum absolute atomic E-state index is 4.31. The van der Waals surface area contributed by atoms with E-state index in [0.29, 0.717) is 5.92 Å². The van der Waals surface area contributed by atoms with E-state index >= 15 is 0 Å². The van der Waals surface area contributed by atoms with Gasteiger partial charge in [0.05, 0.1) is 16.4 Å². The van der Waals surface area contributed by atoms with Crippen LogP contribution in [0.3, 0.4) is 0 Å². The summed E-state index contributed by atoms with van der Waals surface area (Å²) in [6, 6.07) is 0. The molecule has 2 rings (SSSR count). The summed E-state index contributed by atoms with van der Waals surface area (Å²) < 4.78 is 3.17. The Bertz CT molecular complexity index is 372. The van der Waals surface area contributed by atoms with Crippen LogP contribution in [0.15, 0.2) is 10.7 Å². The topological polar surface area (TPSA) is 29.9 Å². The highest BCUT2D eigenvalue weighted by molar-refractivity contribution is 9.10. The highest BCUT2D eigenvalue weighted by atomic mass is 79.9. The van der Waals surface area contributed by atoms with E-state index in [1.54, 1.807) is 0 Å². The lowest BCUT2D eigenvalue weighted by Gasteiger charge is -2.39. The van der Waals surface area contributed by atoms with Crippen LogP contribution in [0, 0.1) is 5.92 Å². The summed E-state index contributed by atoms with van der Waals surface area (Å²) in [5.41, 5.74) is 1.57. The minimum absolute atomic E-state index is 0.212. The maximum atomic E-state index is 4.31. The molecule has 0 saturated heterocycles. The van der Waals surface area contributed by atoms with Crippen molar-refractivity contribution in [3.05, 3.63) is 16.4 Å². The van der Waals surface area contributed by atoms with Gasteiger partial charge in [-0.3, -0.25) is 4.68 Å². The molecule has 1 heterocycles. The van der Waals surface area contributed by atoms with Gasteiger partial charge in [-0.2, -0.15) is 5.10 Å². The van der Waals surface area contributed by atoms with Crippen molar-refractivity contribution in [2.24, 2.45) is 13.0 Å². The Morgan fingerprint density at radius 1 is 1.47 bits per heavy atom. The van der Waals surface area contributed by atoms with Crippen LogP contribution in [0.2, 0.25) is 0 Å². The summed E-state index contributed by atoms with van der Waals surface area (Å²) in [6.07, 6.45) is 4.52. The number of nitrogens with one attached hydrogen (secondary N) is 1. The number of hydrogen-bond donors (Lipinski definition) is 1. The molecule has 1 fully saturated rings. The van der Waals surface area contributed by atoms with Gasteiger partial charge in [-0.1, -0.05) is 0 Å². The van der Waals surface area contributed by atoms with Crippen LogP contribution >= 0.6 is 15.9 Å². The molecule has 0 bridgehead atoms. The number of hydrogen-bond acceptors (Lipinski definition) is 2. The molecule has 0 aromatic carbocycles. The lowest BCUT2D eigenvalue weighted by Crippen LogP contribution is -2.43. The molecule has 1 saturated carbocycles. The molecule has 0 radical (unpaired) electrons. The Kier molecular flexibility index (Phi) is 3.64. The monoisotopic (exact) mass is 299 g/mol. The quantitative estimate of drug-likeness (QED) is 0.930. The van der Waals surface area contributed by atoms with E-state index in [-0.39, 0.29) is 5.54 Å². The summed E-state index contributed by atoms with van der Waals surface area (Å²) in [4.78, 5) is 0. The minimum atomic E-state index is 0.212. The van der Waals surface area contributed by atoms with Gasteiger partial charge in [-0.25, -0.2) is 0 Å². The van der Waals surface area contributed by atoms with E-state index in [2.05, 4.69) is 47.1 Å². The zero-order chi connectivity index (χ0) is 12.6. The second-order valence-corrected chi connectivity index (χ2v) is 6.93. The fourth-order valence-electron chi connectivity index (χ4n) is 2.45. The van der Waals surface area contributed by atoms with E-state index in [9.17, 15) is 0 Å². The molecule has 2 unspecified atom stereocenters. The third-order valence-corrected chi connectivity index (χ3v) is 4.21. The molecule has 0 amide bonds. The van der Waals surface area contributed by atoms with Gasteiger partial charge in [-0.05, 0) is 62.0 Å². The number of aromatic nitrogens is 2. The summed E-state index contributed by atoms with van der Waals surface area (Å²) in [5, 5.41) is 7.92. The van der Waals surface area contributed by atoms with Crippen molar-refractivity contribution in [3.8, 4) is 0 Å². The average Bonchev–Trinajstić information content (AvgIpc) is 2.46. The van der Waals surface area contributed by atoms with Gasteiger partial charge in [0, 0.05) is 18.5 Å². The molecule has 1 aliphatic carbocycles. The van der Waals surface area contributed by atoms with Crippen molar-refractivity contribution >= 4 is 15.9 Å². The predicted molar refractivity (Wildman–Crippen MR) is 74.1 cm³/mol. The molecule has 1 aromatic rings. The molecule has 2 atom stereocenters. The Morgan fingerprint density at radius 3 is 2.59 bits per heavy atom. The molecule has 1 aromatic heterocycles. The first kappa shape index (κ1) is 13.1. The summed E-state index contributed by atoms with van der Waals surface area (Å²) in [6.45, 7) is 7.77. The van der Waals surface area contributed by atoms with Crippen LogP contribution in [0.4, 0.5) is 0 Å². The van der Waals surface area contributed by atoms with Crippen LogP contribution in [-0.2, 0) is 7.05 Å². The van der Waals surface area contributed by atoms with Crippen LogP contribution in [0.1, 0.15) is 45.2 Å². The highest BCUT2D eigenvalue weighted by Crippen LogP contribution is 2.44. The molecule has 1 aliphatic rings. The van der Waals surface area contributed by atoms with Crippen molar-refractivity contribution in [2.75, 3.05) is 6.54 Å². The van der Waals surface area contributed by atoms with Crippen molar-refractivity contribution in [2.45, 2.75) is 45.1 Å². The Balaban J connectivity index is 2.00. The number of halogens is 1. The fourth-order valence-corrected chi connectivity index (χ4v) is 3.09. The van der Waals surface area contributed by atoms with Gasteiger partial charge in [-0.15, -0.1) is 0 Å². The van der Waals surface area contributed by atoms with Crippen molar-refractivity contribution in [3.63, 3.8) is 0 Å². The summed E-state index contributed by atoms with van der Waals surface area (Å²) in [7, 11) is 2.03. The van der Waals surface area contributed by atoms with Crippen LogP contribution in [0.25, 0.3) is 0 Å². The van der Waals surface area contributed by atoms with E-state index in [4.69, 9.17) is 0 Å². The standard InChI is InChI=1S/C13H22BrN3/c1-13(2,3)15-7-9-5-6-10(9)12-11(14)8-16-17(12)4/h8-10,15H,5-7H2,1-4H3. The molecule has 0 spiro atoms.